The van der Waals surface area contributed by atoms with Crippen LogP contribution in [0.3, 0.4) is 0 Å². The van der Waals surface area contributed by atoms with Crippen molar-refractivity contribution >= 4 is 11.6 Å². The van der Waals surface area contributed by atoms with Crippen molar-refractivity contribution in [1.82, 2.24) is 0 Å². The van der Waals surface area contributed by atoms with Crippen molar-refractivity contribution in [2.75, 3.05) is 25.6 Å². The van der Waals surface area contributed by atoms with E-state index in [-0.39, 0.29) is 12.5 Å². The lowest BCUT2D eigenvalue weighted by Crippen LogP contribution is -2.20. The molecule has 5 heteroatoms. The smallest absolute Gasteiger partial charge is 0.262 e. The first-order chi connectivity index (χ1) is 11.6. The van der Waals surface area contributed by atoms with E-state index in [4.69, 9.17) is 14.2 Å². The Hall–Kier alpha value is -2.95. The van der Waals surface area contributed by atoms with E-state index in [2.05, 4.69) is 11.9 Å². The lowest BCUT2D eigenvalue weighted by molar-refractivity contribution is -0.118. The van der Waals surface area contributed by atoms with Crippen molar-refractivity contribution in [3.8, 4) is 17.2 Å². The van der Waals surface area contributed by atoms with Crippen LogP contribution in [0, 0.1) is 0 Å². The molecule has 0 saturated carbocycles. The van der Waals surface area contributed by atoms with Crippen LogP contribution in [-0.4, -0.2) is 26.2 Å². The molecular weight excluding hydrogens is 306 g/mol. The fraction of sp³-hybridized carbons (Fsp3) is 0.211. The van der Waals surface area contributed by atoms with Gasteiger partial charge in [-0.3, -0.25) is 4.79 Å². The van der Waals surface area contributed by atoms with E-state index in [0.29, 0.717) is 29.5 Å². The van der Waals surface area contributed by atoms with Crippen LogP contribution in [0.1, 0.15) is 6.92 Å². The monoisotopic (exact) mass is 327 g/mol. The third kappa shape index (κ3) is 5.05. The van der Waals surface area contributed by atoms with E-state index >= 15 is 0 Å². The number of para-hydroxylation sites is 4. The highest BCUT2D eigenvalue weighted by Crippen LogP contribution is 2.26. The number of methoxy groups -OCH3 is 1. The molecule has 0 bridgehead atoms. The summed E-state index contributed by atoms with van der Waals surface area (Å²) in [5.41, 5.74) is 1.49. The lowest BCUT2D eigenvalue weighted by Gasteiger charge is -2.13. The summed E-state index contributed by atoms with van der Waals surface area (Å²) in [6.07, 6.45) is 0. The van der Waals surface area contributed by atoms with E-state index in [1.54, 1.807) is 31.4 Å². The van der Waals surface area contributed by atoms with Gasteiger partial charge in [0.15, 0.2) is 18.1 Å². The van der Waals surface area contributed by atoms with E-state index in [1.165, 1.54) is 0 Å². The molecule has 0 atom stereocenters. The predicted octanol–water partition coefficient (Wildman–Crippen LogP) is 3.67. The summed E-state index contributed by atoms with van der Waals surface area (Å²) in [7, 11) is 1.55. The van der Waals surface area contributed by atoms with Gasteiger partial charge < -0.3 is 19.5 Å². The molecule has 2 rings (SSSR count). The highest BCUT2D eigenvalue weighted by atomic mass is 16.5. The summed E-state index contributed by atoms with van der Waals surface area (Å²) in [4.78, 5) is 12.1. The van der Waals surface area contributed by atoms with Crippen LogP contribution in [-0.2, 0) is 4.79 Å². The number of ether oxygens (including phenoxy) is 3. The van der Waals surface area contributed by atoms with Gasteiger partial charge >= 0.3 is 0 Å². The summed E-state index contributed by atoms with van der Waals surface area (Å²) in [5, 5.41) is 2.78. The summed E-state index contributed by atoms with van der Waals surface area (Å²) < 4.78 is 16.3. The van der Waals surface area contributed by atoms with E-state index in [0.717, 1.165) is 5.57 Å². The van der Waals surface area contributed by atoms with Crippen LogP contribution in [0.25, 0.3) is 0 Å². The molecule has 0 aliphatic carbocycles. The van der Waals surface area contributed by atoms with Crippen LogP contribution < -0.4 is 19.5 Å². The molecule has 2 aromatic carbocycles. The molecule has 0 fully saturated rings. The molecule has 0 unspecified atom stereocenters. The fourth-order valence-electron chi connectivity index (χ4n) is 1.96. The fourth-order valence-corrected chi connectivity index (χ4v) is 1.96. The zero-order valence-corrected chi connectivity index (χ0v) is 13.9. The van der Waals surface area contributed by atoms with Gasteiger partial charge in [-0.05, 0) is 36.8 Å². The molecular formula is C19H21NO4. The van der Waals surface area contributed by atoms with Crippen LogP contribution in [0.5, 0.6) is 17.2 Å². The van der Waals surface area contributed by atoms with Crippen molar-refractivity contribution in [1.29, 1.82) is 0 Å². The van der Waals surface area contributed by atoms with E-state index in [1.807, 2.05) is 31.2 Å². The second-order valence-corrected chi connectivity index (χ2v) is 5.23. The third-order valence-electron chi connectivity index (χ3n) is 3.06. The first kappa shape index (κ1) is 17.4. The number of carbonyl (C=O) groups is 1. The third-order valence-corrected chi connectivity index (χ3v) is 3.06. The molecule has 0 aromatic heterocycles. The topological polar surface area (TPSA) is 56.8 Å². The molecule has 0 radical (unpaired) electrons. The number of rotatable bonds is 8. The van der Waals surface area contributed by atoms with Gasteiger partial charge in [-0.1, -0.05) is 30.8 Å². The molecule has 2 aromatic rings. The molecule has 1 amide bonds. The van der Waals surface area contributed by atoms with Crippen molar-refractivity contribution in [2.45, 2.75) is 6.92 Å². The lowest BCUT2D eigenvalue weighted by atomic mass is 10.3. The minimum absolute atomic E-state index is 0.130. The average Bonchev–Trinajstić information content (AvgIpc) is 2.59. The van der Waals surface area contributed by atoms with Crippen LogP contribution in [0.2, 0.25) is 0 Å². The van der Waals surface area contributed by atoms with Gasteiger partial charge in [0.25, 0.3) is 5.91 Å². The Labute approximate surface area is 141 Å². The molecule has 24 heavy (non-hydrogen) atoms. The van der Waals surface area contributed by atoms with Crippen LogP contribution in [0.15, 0.2) is 60.7 Å². The Bertz CT molecular complexity index is 712. The maximum Gasteiger partial charge on any atom is 0.262 e. The van der Waals surface area contributed by atoms with Gasteiger partial charge in [-0.25, -0.2) is 0 Å². The molecule has 5 nitrogen and oxygen atoms in total. The second-order valence-electron chi connectivity index (χ2n) is 5.23. The number of benzene rings is 2. The Morgan fingerprint density at radius 1 is 0.958 bits per heavy atom. The van der Waals surface area contributed by atoms with Crippen LogP contribution in [0.4, 0.5) is 5.69 Å². The number of nitrogens with one attached hydrogen (secondary N) is 1. The number of anilines is 1. The SMILES string of the molecule is C=C(C)COc1ccccc1NC(=O)COc1ccccc1OC. The second kappa shape index (κ2) is 8.62. The largest absolute Gasteiger partial charge is 0.493 e. The van der Waals surface area contributed by atoms with Gasteiger partial charge in [0, 0.05) is 0 Å². The minimum Gasteiger partial charge on any atom is -0.493 e. The number of hydrogen-bond acceptors (Lipinski definition) is 4. The van der Waals surface area contributed by atoms with E-state index in [9.17, 15) is 4.79 Å². The maximum absolute atomic E-state index is 12.1. The summed E-state index contributed by atoms with van der Waals surface area (Å²) in [6, 6.07) is 14.4. The minimum atomic E-state index is -0.285. The Morgan fingerprint density at radius 3 is 2.21 bits per heavy atom. The molecule has 0 heterocycles. The standard InChI is InChI=1S/C19H21NO4/c1-14(2)12-23-16-9-5-4-8-15(16)20-19(21)13-24-18-11-7-6-10-17(18)22-3/h4-11H,1,12-13H2,2-3H3,(H,20,21). The van der Waals surface area contributed by atoms with Crippen molar-refractivity contribution in [2.24, 2.45) is 0 Å². The van der Waals surface area contributed by atoms with Gasteiger partial charge in [0.1, 0.15) is 12.4 Å². The molecule has 0 aliphatic rings. The number of amides is 1. The Kier molecular flexibility index (Phi) is 6.25. The first-order valence-electron chi connectivity index (χ1n) is 7.52. The van der Waals surface area contributed by atoms with Gasteiger partial charge in [-0.15, -0.1) is 0 Å². The molecule has 126 valence electrons. The molecule has 1 N–H and O–H groups in total. The highest BCUT2D eigenvalue weighted by Gasteiger charge is 2.10. The zero-order chi connectivity index (χ0) is 17.4. The normalized spacial score (nSPS) is 9.92. The van der Waals surface area contributed by atoms with Crippen molar-refractivity contribution in [3.05, 3.63) is 60.7 Å². The quantitative estimate of drug-likeness (QED) is 0.752. The van der Waals surface area contributed by atoms with Crippen LogP contribution >= 0.6 is 0 Å². The summed E-state index contributed by atoms with van der Waals surface area (Å²) in [5.74, 6) is 1.40. The zero-order valence-electron chi connectivity index (χ0n) is 13.9. The Balaban J connectivity index is 1.96. The van der Waals surface area contributed by atoms with E-state index < -0.39 is 0 Å². The van der Waals surface area contributed by atoms with Gasteiger partial charge in [-0.2, -0.15) is 0 Å². The van der Waals surface area contributed by atoms with Gasteiger partial charge in [0.05, 0.1) is 12.8 Å². The summed E-state index contributed by atoms with van der Waals surface area (Å²) in [6.45, 7) is 5.94. The molecule has 0 spiro atoms. The van der Waals surface area contributed by atoms with Crippen molar-refractivity contribution < 1.29 is 19.0 Å². The van der Waals surface area contributed by atoms with Crippen molar-refractivity contribution in [3.63, 3.8) is 0 Å². The highest BCUT2D eigenvalue weighted by molar-refractivity contribution is 5.93. The first-order valence-corrected chi connectivity index (χ1v) is 7.52. The average molecular weight is 327 g/mol. The van der Waals surface area contributed by atoms with Gasteiger partial charge in [0.2, 0.25) is 0 Å². The molecule has 0 saturated heterocycles. The maximum atomic E-state index is 12.1. The number of hydrogen-bond donors (Lipinski definition) is 1. The number of carbonyl (C=O) groups excluding carboxylic acids is 1. The molecule has 0 aliphatic heterocycles. The Morgan fingerprint density at radius 2 is 1.54 bits per heavy atom. The summed E-state index contributed by atoms with van der Waals surface area (Å²) >= 11 is 0. The predicted molar refractivity (Wildman–Crippen MR) is 93.9 cm³/mol.